The van der Waals surface area contributed by atoms with E-state index in [9.17, 15) is 9.36 Å². The smallest absolute Gasteiger partial charge is 0.221 e. The lowest BCUT2D eigenvalue weighted by atomic mass is 10.4. The summed E-state index contributed by atoms with van der Waals surface area (Å²) < 4.78 is 14.0. The van der Waals surface area contributed by atoms with Gasteiger partial charge in [-0.3, -0.25) is 4.79 Å². The van der Waals surface area contributed by atoms with Crippen molar-refractivity contribution in [1.82, 2.24) is 5.32 Å². The summed E-state index contributed by atoms with van der Waals surface area (Å²) in [5, 5.41) is 3.89. The first-order valence-corrected chi connectivity index (χ1v) is 8.90. The predicted molar refractivity (Wildman–Crippen MR) is 92.1 cm³/mol. The topological polar surface area (TPSA) is 46.2 Å². The molecule has 0 bridgehead atoms. The number of carbonyl (C=O) groups excluding carboxylic acids is 1. The Kier molecular flexibility index (Phi) is 5.23. The van der Waals surface area contributed by atoms with E-state index in [0.29, 0.717) is 16.3 Å². The van der Waals surface area contributed by atoms with Gasteiger partial charge in [-0.25, -0.2) is 0 Å². The third-order valence-corrected chi connectivity index (χ3v) is 7.13. The van der Waals surface area contributed by atoms with E-state index in [1.807, 2.05) is 36.4 Å². The predicted octanol–water partition coefficient (Wildman–Crippen LogP) is 3.56. The van der Waals surface area contributed by atoms with Crippen LogP contribution in [0.4, 0.5) is 0 Å². The average Bonchev–Trinajstić information content (AvgIpc) is 2.54. The van der Waals surface area contributed by atoms with Crippen molar-refractivity contribution < 1.29 is 9.36 Å². The Morgan fingerprint density at radius 1 is 0.909 bits per heavy atom. The number of hydrogen-bond acceptors (Lipinski definition) is 2. The first-order valence-electron chi connectivity index (χ1n) is 6.82. The summed E-state index contributed by atoms with van der Waals surface area (Å²) in [4.78, 5) is 11.3. The van der Waals surface area contributed by atoms with Crippen LogP contribution in [0, 0.1) is 0 Å². The number of halogens is 1. The van der Waals surface area contributed by atoms with Crippen molar-refractivity contribution in [3.8, 4) is 0 Å². The van der Waals surface area contributed by atoms with Crippen LogP contribution in [0.15, 0.2) is 71.1 Å². The summed E-state index contributed by atoms with van der Waals surface area (Å²) in [7, 11) is -3.20. The molecule has 0 radical (unpaired) electrons. The van der Waals surface area contributed by atoms with E-state index in [1.165, 1.54) is 6.92 Å². The van der Waals surface area contributed by atoms with Crippen LogP contribution < -0.4 is 15.9 Å². The Labute approximate surface area is 135 Å². The van der Waals surface area contributed by atoms with Crippen LogP contribution in [0.5, 0.6) is 0 Å². The van der Waals surface area contributed by atoms with E-state index in [0.717, 1.165) is 0 Å². The summed E-state index contributed by atoms with van der Waals surface area (Å²) in [5.41, 5.74) is 0.408. The quantitative estimate of drug-likeness (QED) is 0.869. The van der Waals surface area contributed by atoms with Crippen molar-refractivity contribution in [2.45, 2.75) is 13.8 Å². The van der Waals surface area contributed by atoms with Crippen LogP contribution in [0.25, 0.3) is 0 Å². The minimum atomic E-state index is -3.20. The molecule has 2 aromatic carbocycles. The van der Waals surface area contributed by atoms with Gasteiger partial charge in [-0.2, -0.15) is 0 Å². The highest BCUT2D eigenvalue weighted by Crippen LogP contribution is 2.54. The summed E-state index contributed by atoms with van der Waals surface area (Å²) in [6, 6.07) is 18.2. The van der Waals surface area contributed by atoms with Gasteiger partial charge in [0.15, 0.2) is 7.14 Å². The molecule has 2 rings (SSSR count). The lowest BCUT2D eigenvalue weighted by molar-refractivity contribution is -0.118. The number of amides is 1. The number of benzene rings is 2. The zero-order chi connectivity index (χ0) is 16.2. The Balaban J connectivity index is 2.67. The molecule has 0 unspecified atom stereocenters. The largest absolute Gasteiger partial charge is 0.329 e. The van der Waals surface area contributed by atoms with Gasteiger partial charge in [0.1, 0.15) is 4.77 Å². The molecule has 3 nitrogen and oxygen atoms in total. The number of hydrogen-bond donors (Lipinski definition) is 1. The number of carbonyl (C=O) groups is 1. The van der Waals surface area contributed by atoms with Gasteiger partial charge in [0.25, 0.3) is 0 Å². The first kappa shape index (κ1) is 16.5. The highest BCUT2D eigenvalue weighted by molar-refractivity contribution is 7.84. The third kappa shape index (κ3) is 3.32. The van der Waals surface area contributed by atoms with E-state index in [2.05, 4.69) is 5.32 Å². The molecule has 0 saturated heterocycles. The Morgan fingerprint density at radius 3 is 1.68 bits per heavy atom. The molecule has 0 aliphatic rings. The van der Waals surface area contributed by atoms with Crippen LogP contribution in [0.2, 0.25) is 0 Å². The lowest BCUT2D eigenvalue weighted by Gasteiger charge is -2.20. The molecule has 1 amide bonds. The maximum atomic E-state index is 13.8. The summed E-state index contributed by atoms with van der Waals surface area (Å²) in [6.07, 6.45) is 0. The molecular weight excluding hydrogens is 317 g/mol. The van der Waals surface area contributed by atoms with E-state index >= 15 is 0 Å². The fraction of sp³-hybridized carbons (Fsp3) is 0.118. The highest BCUT2D eigenvalue weighted by Gasteiger charge is 2.32. The van der Waals surface area contributed by atoms with Gasteiger partial charge in [0.05, 0.1) is 0 Å². The van der Waals surface area contributed by atoms with Crippen LogP contribution >= 0.6 is 18.7 Å². The second kappa shape index (κ2) is 6.95. The fourth-order valence-electron chi connectivity index (χ4n) is 2.20. The van der Waals surface area contributed by atoms with Gasteiger partial charge < -0.3 is 9.88 Å². The Bertz CT molecular complexity index is 698. The molecule has 114 valence electrons. The summed E-state index contributed by atoms with van der Waals surface area (Å²) in [5.74, 6) is -0.247. The van der Waals surface area contributed by atoms with Crippen molar-refractivity contribution in [3.63, 3.8) is 0 Å². The van der Waals surface area contributed by atoms with Gasteiger partial charge in [0, 0.05) is 23.2 Å². The van der Waals surface area contributed by atoms with Crippen LogP contribution in [0.1, 0.15) is 13.8 Å². The van der Waals surface area contributed by atoms with E-state index in [-0.39, 0.29) is 10.7 Å². The van der Waals surface area contributed by atoms with E-state index in [1.54, 1.807) is 31.2 Å². The van der Waals surface area contributed by atoms with Crippen LogP contribution in [0.3, 0.4) is 0 Å². The van der Waals surface area contributed by atoms with Crippen molar-refractivity contribution in [1.29, 1.82) is 0 Å². The number of allylic oxidation sites excluding steroid dienone is 1. The molecule has 0 fully saturated rings. The van der Waals surface area contributed by atoms with Gasteiger partial charge in [-0.15, -0.1) is 0 Å². The second-order valence-electron chi connectivity index (χ2n) is 4.88. The maximum Gasteiger partial charge on any atom is 0.221 e. The van der Waals surface area contributed by atoms with Crippen LogP contribution in [-0.2, 0) is 9.36 Å². The van der Waals surface area contributed by atoms with Gasteiger partial charge in [-0.1, -0.05) is 72.3 Å². The second-order valence-corrected chi connectivity index (χ2v) is 8.22. The third-order valence-electron chi connectivity index (χ3n) is 3.19. The molecule has 0 atom stereocenters. The van der Waals surface area contributed by atoms with Crippen molar-refractivity contribution in [2.24, 2.45) is 0 Å². The number of nitrogens with one attached hydrogen (secondary N) is 1. The van der Waals surface area contributed by atoms with E-state index < -0.39 is 7.14 Å². The minimum absolute atomic E-state index is 0.167. The average molecular weight is 334 g/mol. The fourth-order valence-corrected chi connectivity index (χ4v) is 5.30. The molecule has 0 spiro atoms. The maximum absolute atomic E-state index is 13.8. The van der Waals surface area contributed by atoms with E-state index in [4.69, 9.17) is 11.6 Å². The molecule has 0 aliphatic carbocycles. The molecule has 2 aromatic rings. The zero-order valence-electron chi connectivity index (χ0n) is 12.4. The van der Waals surface area contributed by atoms with Crippen molar-refractivity contribution in [2.75, 3.05) is 0 Å². The monoisotopic (exact) mass is 333 g/mol. The summed E-state index contributed by atoms with van der Waals surface area (Å²) in [6.45, 7) is 3.05. The van der Waals surface area contributed by atoms with Crippen LogP contribution in [-0.4, -0.2) is 5.91 Å². The zero-order valence-corrected chi connectivity index (χ0v) is 14.1. The Morgan fingerprint density at radius 2 is 1.32 bits per heavy atom. The molecular formula is C17H17ClNO2P. The van der Waals surface area contributed by atoms with Gasteiger partial charge in [-0.05, 0) is 6.92 Å². The normalized spacial score (nSPS) is 12.5. The molecule has 0 aromatic heterocycles. The summed E-state index contributed by atoms with van der Waals surface area (Å²) >= 11 is 6.45. The molecule has 5 heteroatoms. The number of rotatable bonds is 4. The minimum Gasteiger partial charge on any atom is -0.329 e. The lowest BCUT2D eigenvalue weighted by Crippen LogP contribution is -2.22. The Hall–Kier alpha value is -1.83. The van der Waals surface area contributed by atoms with Crippen molar-refractivity contribution in [3.05, 3.63) is 71.1 Å². The molecule has 0 saturated carbocycles. The molecule has 22 heavy (non-hydrogen) atoms. The highest BCUT2D eigenvalue weighted by atomic mass is 35.5. The van der Waals surface area contributed by atoms with Gasteiger partial charge in [0.2, 0.25) is 5.91 Å². The van der Waals surface area contributed by atoms with Gasteiger partial charge >= 0.3 is 0 Å². The van der Waals surface area contributed by atoms with Crippen molar-refractivity contribution >= 4 is 35.3 Å². The molecule has 0 aliphatic heterocycles. The molecule has 1 N–H and O–H groups in total. The molecule has 0 heterocycles. The SMILES string of the molecule is CC(=O)N/C(C)=C(\Cl)P(=O)(c1ccccc1)c1ccccc1. The standard InChI is InChI=1S/C17H17ClNO2P/c1-13(19-14(2)20)17(18)22(21,15-9-5-3-6-10-15)16-11-7-4-8-12-16/h3-12H,1-2H3,(H,19,20)/b17-13+. The first-order chi connectivity index (χ1) is 10.5.